The molecule has 1 aromatic carbocycles. The molecule has 6 heteroatoms. The zero-order valence-electron chi connectivity index (χ0n) is 14.5. The van der Waals surface area contributed by atoms with E-state index in [0.29, 0.717) is 5.92 Å². The predicted octanol–water partition coefficient (Wildman–Crippen LogP) is 2.51. The molecule has 1 N–H and O–H groups in total. The number of sulfonamides is 1. The largest absolute Gasteiger partial charge is 0.350 e. The van der Waals surface area contributed by atoms with Gasteiger partial charge in [0.05, 0.1) is 0 Å². The molecule has 2 aromatic rings. The zero-order valence-corrected chi connectivity index (χ0v) is 15.3. The van der Waals surface area contributed by atoms with Gasteiger partial charge in [-0.1, -0.05) is 6.07 Å². The van der Waals surface area contributed by atoms with Crippen LogP contribution in [0.5, 0.6) is 0 Å². The summed E-state index contributed by atoms with van der Waals surface area (Å²) in [5.41, 5.74) is 3.48. The molecule has 0 radical (unpaired) electrons. The van der Waals surface area contributed by atoms with Crippen molar-refractivity contribution in [3.05, 3.63) is 40.9 Å². The third-order valence-corrected chi connectivity index (χ3v) is 5.99. The number of piperidine rings is 1. The molecule has 130 valence electrons. The van der Waals surface area contributed by atoms with Crippen LogP contribution < -0.4 is 4.72 Å². The topological polar surface area (TPSA) is 54.3 Å². The van der Waals surface area contributed by atoms with Crippen LogP contribution in [0.1, 0.15) is 29.9 Å². The predicted molar refractivity (Wildman–Crippen MR) is 99.4 cm³/mol. The molecule has 1 aromatic heterocycles. The third-order valence-electron chi connectivity index (χ3n) is 4.93. The number of hydrogen-bond donors (Lipinski definition) is 1. The van der Waals surface area contributed by atoms with Gasteiger partial charge in [-0.2, -0.15) is 0 Å². The molecule has 1 aliphatic rings. The second-order valence-corrected chi connectivity index (χ2v) is 8.37. The Bertz CT molecular complexity index is 860. The fourth-order valence-electron chi connectivity index (χ4n) is 3.42. The second kappa shape index (κ2) is 6.70. The lowest BCUT2D eigenvalue weighted by atomic mass is 9.89. The van der Waals surface area contributed by atoms with E-state index < -0.39 is 10.0 Å². The van der Waals surface area contributed by atoms with Gasteiger partial charge in [0.15, 0.2) is 0 Å². The molecule has 0 amide bonds. The van der Waals surface area contributed by atoms with Crippen molar-refractivity contribution in [2.75, 3.05) is 27.2 Å². The van der Waals surface area contributed by atoms with Gasteiger partial charge in [-0.05, 0) is 75.3 Å². The summed E-state index contributed by atoms with van der Waals surface area (Å²) in [6.07, 6.45) is 6.23. The van der Waals surface area contributed by atoms with Crippen LogP contribution in [0, 0.1) is 0 Å². The van der Waals surface area contributed by atoms with E-state index in [4.69, 9.17) is 0 Å². The van der Waals surface area contributed by atoms with Gasteiger partial charge in [0, 0.05) is 29.6 Å². The second-order valence-electron chi connectivity index (χ2n) is 6.60. The highest BCUT2D eigenvalue weighted by molar-refractivity contribution is 7.92. The fourth-order valence-corrected chi connectivity index (χ4v) is 3.90. The number of likely N-dealkylation sites (tertiary alicyclic amines) is 1. The fraction of sp³-hybridized carbons (Fsp3) is 0.444. The molecule has 0 unspecified atom stereocenters. The van der Waals surface area contributed by atoms with Crippen molar-refractivity contribution in [3.8, 4) is 0 Å². The molecule has 1 aliphatic heterocycles. The van der Waals surface area contributed by atoms with Crippen molar-refractivity contribution in [2.24, 2.45) is 7.05 Å². The van der Waals surface area contributed by atoms with Gasteiger partial charge in [0.25, 0.3) is 0 Å². The molecule has 1 fully saturated rings. The molecule has 2 heterocycles. The Labute approximate surface area is 144 Å². The molecular weight excluding hydrogens is 322 g/mol. The molecule has 0 aliphatic carbocycles. The number of benzene rings is 1. The van der Waals surface area contributed by atoms with Crippen molar-refractivity contribution in [3.63, 3.8) is 0 Å². The van der Waals surface area contributed by atoms with Crippen molar-refractivity contribution in [1.82, 2.24) is 14.2 Å². The Hall–Kier alpha value is -1.63. The first-order chi connectivity index (χ1) is 11.4. The molecule has 1 saturated heterocycles. The van der Waals surface area contributed by atoms with Gasteiger partial charge in [0.2, 0.25) is 10.0 Å². The summed E-state index contributed by atoms with van der Waals surface area (Å²) in [4.78, 5) is 2.37. The van der Waals surface area contributed by atoms with E-state index in [9.17, 15) is 8.42 Å². The maximum absolute atomic E-state index is 11.6. The summed E-state index contributed by atoms with van der Waals surface area (Å²) in [6.45, 7) is 2.25. The molecular formula is C18H25N3O2S. The maximum Gasteiger partial charge on any atom is 0.233 e. The summed E-state index contributed by atoms with van der Waals surface area (Å²) >= 11 is 0. The van der Waals surface area contributed by atoms with Crippen LogP contribution in [0.3, 0.4) is 0 Å². The van der Waals surface area contributed by atoms with E-state index in [1.807, 2.05) is 6.07 Å². The smallest absolute Gasteiger partial charge is 0.233 e. The summed E-state index contributed by atoms with van der Waals surface area (Å²) in [6, 6.07) is 6.13. The monoisotopic (exact) mass is 347 g/mol. The van der Waals surface area contributed by atoms with Crippen LogP contribution >= 0.6 is 0 Å². The maximum atomic E-state index is 11.6. The lowest BCUT2D eigenvalue weighted by molar-refractivity contribution is 0.256. The highest BCUT2D eigenvalue weighted by Crippen LogP contribution is 2.34. The van der Waals surface area contributed by atoms with Crippen LogP contribution in [0.25, 0.3) is 17.0 Å². The molecule has 24 heavy (non-hydrogen) atoms. The highest BCUT2D eigenvalue weighted by Gasteiger charge is 2.21. The minimum absolute atomic E-state index is 0.574. The SMILES string of the molecule is CNS(=O)(=O)/C=C/c1ccc2c(c1)c(C1CCN(C)CC1)cn2C. The summed E-state index contributed by atoms with van der Waals surface area (Å²) in [5, 5.41) is 2.45. The first kappa shape index (κ1) is 17.2. The Morgan fingerprint density at radius 3 is 2.58 bits per heavy atom. The summed E-state index contributed by atoms with van der Waals surface area (Å²) in [5.74, 6) is 0.574. The Morgan fingerprint density at radius 2 is 1.92 bits per heavy atom. The van der Waals surface area contributed by atoms with Gasteiger partial charge >= 0.3 is 0 Å². The summed E-state index contributed by atoms with van der Waals surface area (Å²) in [7, 11) is 2.31. The van der Waals surface area contributed by atoms with E-state index in [2.05, 4.69) is 46.6 Å². The third kappa shape index (κ3) is 3.55. The average molecular weight is 347 g/mol. The number of aromatic nitrogens is 1. The van der Waals surface area contributed by atoms with Gasteiger partial charge in [0.1, 0.15) is 0 Å². The van der Waals surface area contributed by atoms with Crippen LogP contribution in [0.15, 0.2) is 29.8 Å². The number of nitrogens with one attached hydrogen (secondary N) is 1. The molecule has 3 rings (SSSR count). The number of hydrogen-bond acceptors (Lipinski definition) is 3. The molecule has 0 saturated carbocycles. The van der Waals surface area contributed by atoms with Crippen LogP contribution in [0.4, 0.5) is 0 Å². The Morgan fingerprint density at radius 1 is 1.21 bits per heavy atom. The lowest BCUT2D eigenvalue weighted by Gasteiger charge is -2.28. The Balaban J connectivity index is 1.97. The van der Waals surface area contributed by atoms with Crippen molar-refractivity contribution < 1.29 is 8.42 Å². The molecule has 0 bridgehead atoms. The first-order valence-electron chi connectivity index (χ1n) is 8.29. The average Bonchev–Trinajstić information content (AvgIpc) is 2.90. The lowest BCUT2D eigenvalue weighted by Crippen LogP contribution is -2.29. The van der Waals surface area contributed by atoms with Crippen LogP contribution in [-0.4, -0.2) is 45.1 Å². The van der Waals surface area contributed by atoms with E-state index in [1.54, 1.807) is 6.08 Å². The van der Waals surface area contributed by atoms with Crippen molar-refractivity contribution in [1.29, 1.82) is 0 Å². The number of nitrogens with zero attached hydrogens (tertiary/aromatic N) is 2. The van der Waals surface area contributed by atoms with Gasteiger partial charge < -0.3 is 9.47 Å². The molecule has 5 nitrogen and oxygen atoms in total. The van der Waals surface area contributed by atoms with Crippen LogP contribution in [-0.2, 0) is 17.1 Å². The van der Waals surface area contributed by atoms with E-state index in [-0.39, 0.29) is 0 Å². The molecule has 0 spiro atoms. The minimum Gasteiger partial charge on any atom is -0.350 e. The van der Waals surface area contributed by atoms with E-state index in [1.165, 1.54) is 41.8 Å². The standard InChI is InChI=1S/C18H25N3O2S/c1-19-24(22,23)11-8-14-4-5-18-16(12-14)17(13-21(18)3)15-6-9-20(2)10-7-15/h4-5,8,11-13,15,19H,6-7,9-10H2,1-3H3/b11-8+. The van der Waals surface area contributed by atoms with Crippen molar-refractivity contribution >= 4 is 27.0 Å². The quantitative estimate of drug-likeness (QED) is 0.925. The van der Waals surface area contributed by atoms with E-state index in [0.717, 1.165) is 18.7 Å². The van der Waals surface area contributed by atoms with Gasteiger partial charge in [-0.25, -0.2) is 13.1 Å². The summed E-state index contributed by atoms with van der Waals surface area (Å²) < 4.78 is 27.6. The van der Waals surface area contributed by atoms with Gasteiger partial charge in [-0.15, -0.1) is 0 Å². The molecule has 0 atom stereocenters. The van der Waals surface area contributed by atoms with Crippen molar-refractivity contribution in [2.45, 2.75) is 18.8 Å². The first-order valence-corrected chi connectivity index (χ1v) is 9.83. The minimum atomic E-state index is -3.34. The number of aryl methyl sites for hydroxylation is 1. The highest BCUT2D eigenvalue weighted by atomic mass is 32.2. The number of fused-ring (bicyclic) bond motifs is 1. The van der Waals surface area contributed by atoms with Gasteiger partial charge in [-0.3, -0.25) is 0 Å². The van der Waals surface area contributed by atoms with E-state index >= 15 is 0 Å². The Kier molecular flexibility index (Phi) is 4.80. The zero-order chi connectivity index (χ0) is 17.3. The number of rotatable bonds is 4. The normalized spacial score (nSPS) is 18.0. The van der Waals surface area contributed by atoms with Crippen LogP contribution in [0.2, 0.25) is 0 Å².